The van der Waals surface area contributed by atoms with Crippen LogP contribution in [0.15, 0.2) is 11.4 Å². The van der Waals surface area contributed by atoms with Crippen LogP contribution in [0.3, 0.4) is 0 Å². The molecule has 1 saturated carbocycles. The molecule has 2 rings (SSSR count). The first-order valence-corrected chi connectivity index (χ1v) is 7.16. The summed E-state index contributed by atoms with van der Waals surface area (Å²) in [6.45, 7) is 3.09. The van der Waals surface area contributed by atoms with Crippen molar-refractivity contribution in [2.75, 3.05) is 12.3 Å². The van der Waals surface area contributed by atoms with Crippen molar-refractivity contribution in [2.24, 2.45) is 11.8 Å². The third-order valence-corrected chi connectivity index (χ3v) is 4.43. The molecule has 1 aliphatic rings. The Hall–Kier alpha value is -1.03. The lowest BCUT2D eigenvalue weighted by Crippen LogP contribution is -2.31. The largest absolute Gasteiger partial charge is 0.397 e. The highest BCUT2D eigenvalue weighted by Gasteiger charge is 2.20. The summed E-state index contributed by atoms with van der Waals surface area (Å²) < 4.78 is 0. The van der Waals surface area contributed by atoms with Crippen LogP contribution in [0.25, 0.3) is 0 Å². The van der Waals surface area contributed by atoms with Gasteiger partial charge >= 0.3 is 0 Å². The zero-order valence-electron chi connectivity index (χ0n) is 10.2. The van der Waals surface area contributed by atoms with Crippen molar-refractivity contribution in [1.82, 2.24) is 5.32 Å². The van der Waals surface area contributed by atoms with Gasteiger partial charge in [-0.05, 0) is 36.1 Å². The van der Waals surface area contributed by atoms with Crippen LogP contribution in [-0.4, -0.2) is 12.5 Å². The maximum atomic E-state index is 11.9. The van der Waals surface area contributed by atoms with Crippen molar-refractivity contribution in [3.8, 4) is 0 Å². The first kappa shape index (κ1) is 12.4. The van der Waals surface area contributed by atoms with E-state index in [1.807, 2.05) is 5.38 Å². The molecule has 17 heavy (non-hydrogen) atoms. The molecule has 3 N–H and O–H groups in total. The van der Waals surface area contributed by atoms with Crippen molar-refractivity contribution in [3.63, 3.8) is 0 Å². The average molecular weight is 252 g/mol. The van der Waals surface area contributed by atoms with Crippen molar-refractivity contribution in [1.29, 1.82) is 0 Å². The lowest BCUT2D eigenvalue weighted by molar-refractivity contribution is 0.0945. The lowest BCUT2D eigenvalue weighted by Gasteiger charge is -2.26. The third kappa shape index (κ3) is 3.22. The Morgan fingerprint density at radius 1 is 1.59 bits per heavy atom. The smallest absolute Gasteiger partial charge is 0.263 e. The summed E-state index contributed by atoms with van der Waals surface area (Å²) in [5.74, 6) is 1.43. The molecule has 1 aliphatic carbocycles. The highest BCUT2D eigenvalue weighted by atomic mass is 32.1. The van der Waals surface area contributed by atoms with Gasteiger partial charge in [-0.1, -0.05) is 19.8 Å². The predicted octanol–water partition coefficient (Wildman–Crippen LogP) is 2.89. The van der Waals surface area contributed by atoms with Gasteiger partial charge in [-0.15, -0.1) is 11.3 Å². The van der Waals surface area contributed by atoms with E-state index in [4.69, 9.17) is 5.73 Å². The van der Waals surface area contributed by atoms with E-state index in [2.05, 4.69) is 12.2 Å². The normalized spacial score (nSPS) is 24.5. The maximum Gasteiger partial charge on any atom is 0.263 e. The minimum Gasteiger partial charge on any atom is -0.397 e. The quantitative estimate of drug-likeness (QED) is 0.869. The molecule has 1 aromatic rings. The number of carbonyl (C=O) groups excluding carboxylic acids is 1. The number of rotatable bonds is 3. The standard InChI is InChI=1S/C13H20N2OS/c1-9-3-2-4-10(7-9)8-15-13(16)12-11(14)5-6-17-12/h5-6,9-10H,2-4,7-8,14H2,1H3,(H,15,16). The molecule has 0 aromatic carbocycles. The average Bonchev–Trinajstić information content (AvgIpc) is 2.72. The Morgan fingerprint density at radius 3 is 3.06 bits per heavy atom. The Kier molecular flexibility index (Phi) is 4.05. The van der Waals surface area contributed by atoms with Crippen LogP contribution in [0.5, 0.6) is 0 Å². The number of anilines is 1. The van der Waals surface area contributed by atoms with Gasteiger partial charge in [0.2, 0.25) is 0 Å². The van der Waals surface area contributed by atoms with E-state index >= 15 is 0 Å². The molecule has 1 amide bonds. The van der Waals surface area contributed by atoms with Gasteiger partial charge in [0.25, 0.3) is 5.91 Å². The molecule has 0 radical (unpaired) electrons. The van der Waals surface area contributed by atoms with E-state index in [0.717, 1.165) is 12.5 Å². The van der Waals surface area contributed by atoms with Gasteiger partial charge in [-0.25, -0.2) is 0 Å². The molecule has 0 bridgehead atoms. The number of nitrogens with two attached hydrogens (primary N) is 1. The fourth-order valence-corrected chi connectivity index (χ4v) is 3.30. The van der Waals surface area contributed by atoms with E-state index < -0.39 is 0 Å². The number of carbonyl (C=O) groups is 1. The fourth-order valence-electron chi connectivity index (χ4n) is 2.57. The monoisotopic (exact) mass is 252 g/mol. The van der Waals surface area contributed by atoms with E-state index in [1.54, 1.807) is 6.07 Å². The highest BCUT2D eigenvalue weighted by molar-refractivity contribution is 7.12. The lowest BCUT2D eigenvalue weighted by atomic mass is 9.82. The topological polar surface area (TPSA) is 55.1 Å². The second-order valence-electron chi connectivity index (χ2n) is 5.05. The van der Waals surface area contributed by atoms with Crippen LogP contribution in [0.1, 0.15) is 42.3 Å². The number of hydrogen-bond donors (Lipinski definition) is 2. The molecular formula is C13H20N2OS. The zero-order valence-corrected chi connectivity index (χ0v) is 11.1. The molecule has 0 spiro atoms. The summed E-state index contributed by atoms with van der Waals surface area (Å²) in [4.78, 5) is 12.5. The zero-order chi connectivity index (χ0) is 12.3. The van der Waals surface area contributed by atoms with Crippen LogP contribution in [0.4, 0.5) is 5.69 Å². The van der Waals surface area contributed by atoms with Gasteiger partial charge in [-0.3, -0.25) is 4.79 Å². The van der Waals surface area contributed by atoms with Crippen LogP contribution in [-0.2, 0) is 0 Å². The summed E-state index contributed by atoms with van der Waals surface area (Å²) in [7, 11) is 0. The van der Waals surface area contributed by atoms with Crippen LogP contribution < -0.4 is 11.1 Å². The van der Waals surface area contributed by atoms with E-state index in [1.165, 1.54) is 37.0 Å². The van der Waals surface area contributed by atoms with Crippen molar-refractivity contribution < 1.29 is 4.79 Å². The number of amides is 1. The van der Waals surface area contributed by atoms with Gasteiger partial charge < -0.3 is 11.1 Å². The molecule has 2 atom stereocenters. The summed E-state index contributed by atoms with van der Waals surface area (Å²) in [5, 5.41) is 4.86. The van der Waals surface area contributed by atoms with E-state index in [9.17, 15) is 4.79 Å². The molecular weight excluding hydrogens is 232 g/mol. The molecule has 0 saturated heterocycles. The number of hydrogen-bond acceptors (Lipinski definition) is 3. The summed E-state index contributed by atoms with van der Waals surface area (Å²) in [5.41, 5.74) is 6.31. The molecule has 1 fully saturated rings. The van der Waals surface area contributed by atoms with Crippen molar-refractivity contribution in [2.45, 2.75) is 32.6 Å². The molecule has 3 nitrogen and oxygen atoms in total. The van der Waals surface area contributed by atoms with Crippen LogP contribution in [0, 0.1) is 11.8 Å². The van der Waals surface area contributed by atoms with Crippen LogP contribution >= 0.6 is 11.3 Å². The second kappa shape index (κ2) is 5.54. The Bertz CT molecular complexity index is 389. The number of thiophene rings is 1. The van der Waals surface area contributed by atoms with Gasteiger partial charge in [-0.2, -0.15) is 0 Å². The Morgan fingerprint density at radius 2 is 2.41 bits per heavy atom. The number of nitrogen functional groups attached to an aromatic ring is 1. The maximum absolute atomic E-state index is 11.9. The summed E-state index contributed by atoms with van der Waals surface area (Å²) in [6.07, 6.45) is 5.11. The van der Waals surface area contributed by atoms with E-state index in [0.29, 0.717) is 16.5 Å². The van der Waals surface area contributed by atoms with Gasteiger partial charge in [0, 0.05) is 6.54 Å². The number of nitrogens with one attached hydrogen (secondary N) is 1. The first-order chi connectivity index (χ1) is 8.16. The first-order valence-electron chi connectivity index (χ1n) is 6.28. The summed E-state index contributed by atoms with van der Waals surface area (Å²) in [6, 6.07) is 1.78. The third-order valence-electron chi connectivity index (χ3n) is 3.50. The van der Waals surface area contributed by atoms with E-state index in [-0.39, 0.29) is 5.91 Å². The predicted molar refractivity (Wildman–Crippen MR) is 72.2 cm³/mol. The van der Waals surface area contributed by atoms with Gasteiger partial charge in [0.15, 0.2) is 0 Å². The fraction of sp³-hybridized carbons (Fsp3) is 0.615. The van der Waals surface area contributed by atoms with Crippen molar-refractivity contribution >= 4 is 22.9 Å². The second-order valence-corrected chi connectivity index (χ2v) is 5.97. The highest BCUT2D eigenvalue weighted by Crippen LogP contribution is 2.28. The Balaban J connectivity index is 1.82. The SMILES string of the molecule is CC1CCCC(CNC(=O)c2sccc2N)C1. The molecule has 0 aliphatic heterocycles. The minimum absolute atomic E-state index is 0.0178. The Labute approximate surface area is 106 Å². The molecule has 2 unspecified atom stereocenters. The van der Waals surface area contributed by atoms with Crippen LogP contribution in [0.2, 0.25) is 0 Å². The molecule has 4 heteroatoms. The molecule has 1 heterocycles. The minimum atomic E-state index is -0.0178. The summed E-state index contributed by atoms with van der Waals surface area (Å²) >= 11 is 1.41. The molecule has 1 aromatic heterocycles. The van der Waals surface area contributed by atoms with Gasteiger partial charge in [0.1, 0.15) is 4.88 Å². The van der Waals surface area contributed by atoms with Gasteiger partial charge in [0.05, 0.1) is 5.69 Å². The molecule has 94 valence electrons. The van der Waals surface area contributed by atoms with Crippen molar-refractivity contribution in [3.05, 3.63) is 16.3 Å².